The Morgan fingerprint density at radius 3 is 2.09 bits per heavy atom. The van der Waals surface area contributed by atoms with Gasteiger partial charge in [0.15, 0.2) is 0 Å². The Kier molecular flexibility index (Phi) is 6.59. The summed E-state index contributed by atoms with van der Waals surface area (Å²) in [5.41, 5.74) is 1.27. The summed E-state index contributed by atoms with van der Waals surface area (Å²) in [5, 5.41) is 0. The smallest absolute Gasteiger partial charge is 0.337 e. The van der Waals surface area contributed by atoms with Crippen molar-refractivity contribution in [1.82, 2.24) is 4.90 Å². The lowest BCUT2D eigenvalue weighted by atomic mass is 10.1. The van der Waals surface area contributed by atoms with E-state index in [4.69, 9.17) is 0 Å². The van der Waals surface area contributed by atoms with Gasteiger partial charge < -0.3 is 4.90 Å². The van der Waals surface area contributed by atoms with E-state index in [2.05, 4.69) is 4.72 Å². The molecule has 0 aliphatic carbocycles. The molecule has 0 aliphatic heterocycles. The van der Waals surface area contributed by atoms with Gasteiger partial charge in [0.05, 0.1) is 16.1 Å². The minimum Gasteiger partial charge on any atom is -0.337 e. The molecule has 5 nitrogen and oxygen atoms in total. The Bertz CT molecular complexity index is 1210. The molecule has 168 valence electrons. The maximum absolute atomic E-state index is 12.7. The highest BCUT2D eigenvalue weighted by Gasteiger charge is 2.30. The van der Waals surface area contributed by atoms with Gasteiger partial charge in [0.2, 0.25) is 0 Å². The molecule has 0 aromatic heterocycles. The second-order valence-electron chi connectivity index (χ2n) is 7.30. The molecule has 0 saturated carbocycles. The second-order valence-corrected chi connectivity index (χ2v) is 8.98. The normalized spacial score (nSPS) is 11.8. The third kappa shape index (κ3) is 5.47. The van der Waals surface area contributed by atoms with Crippen molar-refractivity contribution in [2.24, 2.45) is 0 Å². The van der Waals surface area contributed by atoms with Gasteiger partial charge in [0.25, 0.3) is 15.9 Å². The molecular weight excluding hydrogens is 441 g/mol. The van der Waals surface area contributed by atoms with Gasteiger partial charge in [-0.25, -0.2) is 8.42 Å². The largest absolute Gasteiger partial charge is 0.416 e. The van der Waals surface area contributed by atoms with E-state index in [1.54, 1.807) is 31.2 Å². The monoisotopic (exact) mass is 462 g/mol. The molecule has 0 unspecified atom stereocenters. The number of nitrogens with zero attached hydrogens (tertiary/aromatic N) is 1. The minimum absolute atomic E-state index is 0.00250. The van der Waals surface area contributed by atoms with Crippen molar-refractivity contribution < 1.29 is 26.4 Å². The number of hydrogen-bond donors (Lipinski definition) is 1. The maximum Gasteiger partial charge on any atom is 0.416 e. The Morgan fingerprint density at radius 2 is 1.53 bits per heavy atom. The number of anilines is 1. The standard InChI is InChI=1S/C23H21F3N2O3S/c1-16-5-3-4-6-21(16)27-32(30,31)20-13-9-18(10-14-20)22(29)28(2)15-17-7-11-19(12-8-17)23(24,25)26/h3-14,27H,15H2,1-2H3. The second kappa shape index (κ2) is 9.04. The van der Waals surface area contributed by atoms with Gasteiger partial charge in [-0.1, -0.05) is 30.3 Å². The summed E-state index contributed by atoms with van der Waals surface area (Å²) >= 11 is 0. The van der Waals surface area contributed by atoms with E-state index in [9.17, 15) is 26.4 Å². The number of carbonyl (C=O) groups is 1. The Morgan fingerprint density at radius 1 is 0.938 bits per heavy atom. The molecule has 3 aromatic rings. The number of alkyl halides is 3. The molecular formula is C23H21F3N2O3S. The summed E-state index contributed by atoms with van der Waals surface area (Å²) in [7, 11) is -2.31. The van der Waals surface area contributed by atoms with Gasteiger partial charge in [-0.3, -0.25) is 9.52 Å². The maximum atomic E-state index is 12.7. The highest BCUT2D eigenvalue weighted by Crippen LogP contribution is 2.29. The van der Waals surface area contributed by atoms with Crippen molar-refractivity contribution >= 4 is 21.6 Å². The van der Waals surface area contributed by atoms with Gasteiger partial charge in [0.1, 0.15) is 0 Å². The zero-order chi connectivity index (χ0) is 23.5. The minimum atomic E-state index is -4.42. The lowest BCUT2D eigenvalue weighted by Crippen LogP contribution is -2.26. The molecule has 0 atom stereocenters. The molecule has 1 amide bonds. The first-order chi connectivity index (χ1) is 15.0. The number of nitrogens with one attached hydrogen (secondary N) is 1. The molecule has 0 bridgehead atoms. The lowest BCUT2D eigenvalue weighted by Gasteiger charge is -2.18. The van der Waals surface area contributed by atoms with Gasteiger partial charge in [-0.2, -0.15) is 13.2 Å². The van der Waals surface area contributed by atoms with Crippen LogP contribution in [0, 0.1) is 6.92 Å². The summed E-state index contributed by atoms with van der Waals surface area (Å²) in [4.78, 5) is 14.0. The quantitative estimate of drug-likeness (QED) is 0.555. The highest BCUT2D eigenvalue weighted by atomic mass is 32.2. The highest BCUT2D eigenvalue weighted by molar-refractivity contribution is 7.92. The van der Waals surface area contributed by atoms with Crippen LogP contribution in [0.4, 0.5) is 18.9 Å². The summed E-state index contributed by atoms with van der Waals surface area (Å²) in [6, 6.07) is 17.0. The van der Waals surface area contributed by atoms with Crippen LogP contribution in [0.15, 0.2) is 77.7 Å². The Balaban J connectivity index is 1.69. The van der Waals surface area contributed by atoms with E-state index in [0.717, 1.165) is 17.7 Å². The zero-order valence-corrected chi connectivity index (χ0v) is 18.2. The van der Waals surface area contributed by atoms with Crippen molar-refractivity contribution in [3.63, 3.8) is 0 Å². The van der Waals surface area contributed by atoms with Crippen molar-refractivity contribution in [2.45, 2.75) is 24.5 Å². The van der Waals surface area contributed by atoms with Crippen molar-refractivity contribution in [1.29, 1.82) is 0 Å². The predicted molar refractivity (Wildman–Crippen MR) is 116 cm³/mol. The first-order valence-electron chi connectivity index (χ1n) is 9.57. The fourth-order valence-electron chi connectivity index (χ4n) is 3.03. The predicted octanol–water partition coefficient (Wildman–Crippen LogP) is 5.09. The number of carbonyl (C=O) groups excluding carboxylic acids is 1. The van der Waals surface area contributed by atoms with E-state index in [1.807, 2.05) is 0 Å². The lowest BCUT2D eigenvalue weighted by molar-refractivity contribution is -0.137. The van der Waals surface area contributed by atoms with Crippen LogP contribution in [0.25, 0.3) is 0 Å². The number of aryl methyl sites for hydroxylation is 1. The number of halogens is 3. The van der Waals surface area contributed by atoms with E-state index < -0.39 is 21.8 Å². The average molecular weight is 462 g/mol. The van der Waals surface area contributed by atoms with Crippen LogP contribution in [0.5, 0.6) is 0 Å². The number of hydrogen-bond acceptors (Lipinski definition) is 3. The van der Waals surface area contributed by atoms with E-state index in [1.165, 1.54) is 48.3 Å². The molecule has 1 N–H and O–H groups in total. The van der Waals surface area contributed by atoms with Gasteiger partial charge in [0, 0.05) is 19.2 Å². The molecule has 0 heterocycles. The van der Waals surface area contributed by atoms with Crippen molar-refractivity contribution in [3.8, 4) is 0 Å². The van der Waals surface area contributed by atoms with Gasteiger partial charge in [-0.05, 0) is 60.5 Å². The van der Waals surface area contributed by atoms with E-state index >= 15 is 0 Å². The molecule has 0 spiro atoms. The molecule has 9 heteroatoms. The van der Waals surface area contributed by atoms with Gasteiger partial charge >= 0.3 is 6.18 Å². The average Bonchev–Trinajstić information content (AvgIpc) is 2.74. The third-order valence-electron chi connectivity index (χ3n) is 4.85. The van der Waals surface area contributed by atoms with Crippen LogP contribution >= 0.6 is 0 Å². The van der Waals surface area contributed by atoms with Crippen LogP contribution in [-0.4, -0.2) is 26.3 Å². The number of para-hydroxylation sites is 1. The van der Waals surface area contributed by atoms with Crippen molar-refractivity contribution in [2.75, 3.05) is 11.8 Å². The van der Waals surface area contributed by atoms with Crippen molar-refractivity contribution in [3.05, 3.63) is 95.1 Å². The molecule has 3 rings (SSSR count). The van der Waals surface area contributed by atoms with Crippen LogP contribution in [0.2, 0.25) is 0 Å². The number of amides is 1. The first-order valence-corrected chi connectivity index (χ1v) is 11.1. The number of rotatable bonds is 6. The molecule has 0 aliphatic rings. The topological polar surface area (TPSA) is 66.5 Å². The van der Waals surface area contributed by atoms with Crippen LogP contribution < -0.4 is 4.72 Å². The Hall–Kier alpha value is -3.33. The van der Waals surface area contributed by atoms with Crippen LogP contribution in [-0.2, 0) is 22.7 Å². The van der Waals surface area contributed by atoms with Gasteiger partial charge in [-0.15, -0.1) is 0 Å². The molecule has 32 heavy (non-hydrogen) atoms. The molecule has 0 fully saturated rings. The van der Waals surface area contributed by atoms with E-state index in [0.29, 0.717) is 11.3 Å². The van der Waals surface area contributed by atoms with Crippen LogP contribution in [0.3, 0.4) is 0 Å². The first kappa shape index (κ1) is 23.3. The third-order valence-corrected chi connectivity index (χ3v) is 6.23. The summed E-state index contributed by atoms with van der Waals surface area (Å²) in [6.07, 6.45) is -4.42. The summed E-state index contributed by atoms with van der Waals surface area (Å²) < 4.78 is 65.8. The molecule has 0 radical (unpaired) electrons. The SMILES string of the molecule is Cc1ccccc1NS(=O)(=O)c1ccc(C(=O)N(C)Cc2ccc(C(F)(F)F)cc2)cc1. The number of sulfonamides is 1. The van der Waals surface area contributed by atoms with Crippen LogP contribution in [0.1, 0.15) is 27.0 Å². The fraction of sp³-hybridized carbons (Fsp3) is 0.174. The fourth-order valence-corrected chi connectivity index (χ4v) is 4.16. The number of benzene rings is 3. The molecule has 3 aromatic carbocycles. The summed E-state index contributed by atoms with van der Waals surface area (Å²) in [6.45, 7) is 1.89. The Labute approximate surface area is 184 Å². The molecule has 0 saturated heterocycles. The van der Waals surface area contributed by atoms with E-state index in [-0.39, 0.29) is 22.9 Å². The summed E-state index contributed by atoms with van der Waals surface area (Å²) in [5.74, 6) is -0.388. The zero-order valence-electron chi connectivity index (χ0n) is 17.3.